The number of nitrogens with zero attached hydrogens (tertiary/aromatic N) is 1. The Morgan fingerprint density at radius 2 is 2.15 bits per heavy atom. The molecule has 0 spiro atoms. The number of nitriles is 1. The van der Waals surface area contributed by atoms with E-state index in [0.717, 1.165) is 17.7 Å². The van der Waals surface area contributed by atoms with Crippen LogP contribution in [0.5, 0.6) is 0 Å². The molecule has 4 heteroatoms. The van der Waals surface area contributed by atoms with E-state index in [1.54, 1.807) is 6.07 Å². The molecule has 0 fully saturated rings. The molecule has 1 unspecified atom stereocenters. The van der Waals surface area contributed by atoms with E-state index in [1.807, 2.05) is 19.1 Å². The number of hydrogen-bond donors (Lipinski definition) is 2. The van der Waals surface area contributed by atoms with Gasteiger partial charge < -0.3 is 10.4 Å². The molecule has 0 bridgehead atoms. The summed E-state index contributed by atoms with van der Waals surface area (Å²) in [5.74, 6) is -0.255. The van der Waals surface area contributed by atoms with Gasteiger partial charge in [-0.05, 0) is 36.8 Å². The molecule has 0 saturated carbocycles. The molecule has 4 nitrogen and oxygen atoms in total. The number of carbonyl (C=O) groups is 1. The van der Waals surface area contributed by atoms with Crippen LogP contribution in [0.2, 0.25) is 0 Å². The first-order chi connectivity index (χ1) is 9.43. The van der Waals surface area contributed by atoms with Gasteiger partial charge in [0, 0.05) is 13.0 Å². The first-order valence-electron chi connectivity index (χ1n) is 6.89. The molecule has 20 heavy (non-hydrogen) atoms. The van der Waals surface area contributed by atoms with Crippen molar-refractivity contribution in [3.05, 3.63) is 29.3 Å². The minimum atomic E-state index is -0.775. The van der Waals surface area contributed by atoms with Gasteiger partial charge in [0.05, 0.1) is 11.3 Å². The first-order valence-corrected chi connectivity index (χ1v) is 6.89. The summed E-state index contributed by atoms with van der Waals surface area (Å²) >= 11 is 0. The predicted octanol–water partition coefficient (Wildman–Crippen LogP) is 3.42. The van der Waals surface area contributed by atoms with E-state index in [-0.39, 0.29) is 12.3 Å². The molecule has 0 aliphatic heterocycles. The fourth-order valence-corrected chi connectivity index (χ4v) is 2.39. The Labute approximate surface area is 120 Å². The number of para-hydroxylation sites is 1. The van der Waals surface area contributed by atoms with Crippen molar-refractivity contribution in [2.45, 2.75) is 33.6 Å². The molecule has 1 aromatic carbocycles. The van der Waals surface area contributed by atoms with Crippen molar-refractivity contribution < 1.29 is 9.90 Å². The van der Waals surface area contributed by atoms with Gasteiger partial charge in [-0.1, -0.05) is 26.0 Å². The summed E-state index contributed by atoms with van der Waals surface area (Å²) in [6, 6.07) is 7.72. The fourth-order valence-electron chi connectivity index (χ4n) is 2.39. The van der Waals surface area contributed by atoms with E-state index in [2.05, 4.69) is 25.2 Å². The van der Waals surface area contributed by atoms with Gasteiger partial charge in [-0.3, -0.25) is 4.79 Å². The number of aliphatic carboxylic acids is 1. The van der Waals surface area contributed by atoms with E-state index >= 15 is 0 Å². The minimum Gasteiger partial charge on any atom is -0.481 e. The highest BCUT2D eigenvalue weighted by atomic mass is 16.4. The Balaban J connectivity index is 2.77. The number of hydrogen-bond acceptors (Lipinski definition) is 3. The van der Waals surface area contributed by atoms with Crippen LogP contribution < -0.4 is 5.32 Å². The molecule has 108 valence electrons. The maximum atomic E-state index is 10.9. The van der Waals surface area contributed by atoms with E-state index in [0.29, 0.717) is 18.0 Å². The van der Waals surface area contributed by atoms with Crippen molar-refractivity contribution in [3.63, 3.8) is 0 Å². The van der Waals surface area contributed by atoms with Crippen LogP contribution in [0.3, 0.4) is 0 Å². The summed E-state index contributed by atoms with van der Waals surface area (Å²) in [7, 11) is 0. The highest BCUT2D eigenvalue weighted by Gasteiger charge is 2.16. The summed E-state index contributed by atoms with van der Waals surface area (Å²) < 4.78 is 0. The van der Waals surface area contributed by atoms with Crippen molar-refractivity contribution in [2.75, 3.05) is 11.9 Å². The zero-order chi connectivity index (χ0) is 15.1. The van der Waals surface area contributed by atoms with Crippen molar-refractivity contribution in [3.8, 4) is 6.07 Å². The molecule has 1 rings (SSSR count). The normalized spacial score (nSPS) is 11.9. The maximum Gasteiger partial charge on any atom is 0.303 e. The van der Waals surface area contributed by atoms with Crippen LogP contribution in [0, 0.1) is 30.1 Å². The number of carboxylic acid groups (broad SMARTS) is 1. The first kappa shape index (κ1) is 16.0. The quantitative estimate of drug-likeness (QED) is 0.799. The van der Waals surface area contributed by atoms with E-state index in [9.17, 15) is 4.79 Å². The lowest BCUT2D eigenvalue weighted by Crippen LogP contribution is -2.20. The predicted molar refractivity (Wildman–Crippen MR) is 79.6 cm³/mol. The van der Waals surface area contributed by atoms with Gasteiger partial charge in [0.2, 0.25) is 0 Å². The summed E-state index contributed by atoms with van der Waals surface area (Å²) in [6.45, 7) is 6.69. The molecule has 0 heterocycles. The van der Waals surface area contributed by atoms with Gasteiger partial charge in [-0.25, -0.2) is 0 Å². The average molecular weight is 274 g/mol. The third-order valence-corrected chi connectivity index (χ3v) is 3.23. The van der Waals surface area contributed by atoms with Gasteiger partial charge in [0.1, 0.15) is 6.07 Å². The lowest BCUT2D eigenvalue weighted by molar-refractivity contribution is -0.138. The van der Waals surface area contributed by atoms with Crippen LogP contribution >= 0.6 is 0 Å². The van der Waals surface area contributed by atoms with Gasteiger partial charge >= 0.3 is 5.97 Å². The molecule has 0 aliphatic carbocycles. The van der Waals surface area contributed by atoms with Crippen molar-refractivity contribution >= 4 is 11.7 Å². The number of nitrogens with one attached hydrogen (secondary N) is 1. The van der Waals surface area contributed by atoms with E-state index < -0.39 is 5.97 Å². The maximum absolute atomic E-state index is 10.9. The Morgan fingerprint density at radius 3 is 2.70 bits per heavy atom. The number of carboxylic acids is 1. The zero-order valence-corrected chi connectivity index (χ0v) is 12.3. The smallest absolute Gasteiger partial charge is 0.303 e. The van der Waals surface area contributed by atoms with E-state index in [1.165, 1.54) is 0 Å². The second-order valence-electron chi connectivity index (χ2n) is 5.58. The molecule has 0 aliphatic rings. The highest BCUT2D eigenvalue weighted by Crippen LogP contribution is 2.22. The second kappa shape index (κ2) is 7.54. The molecule has 0 amide bonds. The Morgan fingerprint density at radius 1 is 1.45 bits per heavy atom. The van der Waals surface area contributed by atoms with Crippen LogP contribution in [-0.4, -0.2) is 17.6 Å². The van der Waals surface area contributed by atoms with Crippen LogP contribution in [0.4, 0.5) is 5.69 Å². The monoisotopic (exact) mass is 274 g/mol. The lowest BCUT2D eigenvalue weighted by Gasteiger charge is -2.20. The standard InChI is InChI=1S/C16H22N2O2/c1-11(2)7-13(8-15(19)20)10-18-16-12(3)5-4-6-14(16)9-17/h4-6,11,13,18H,7-8,10H2,1-3H3,(H,19,20). The molecule has 1 atom stereocenters. The molecule has 2 N–H and O–H groups in total. The third-order valence-electron chi connectivity index (χ3n) is 3.23. The van der Waals surface area contributed by atoms with E-state index in [4.69, 9.17) is 10.4 Å². The minimum absolute atomic E-state index is 0.0682. The third kappa shape index (κ3) is 4.93. The van der Waals surface area contributed by atoms with Gasteiger partial charge in [-0.2, -0.15) is 5.26 Å². The number of benzene rings is 1. The Hall–Kier alpha value is -2.02. The lowest BCUT2D eigenvalue weighted by atomic mass is 9.94. The van der Waals surface area contributed by atoms with Crippen LogP contribution in [0.15, 0.2) is 18.2 Å². The summed E-state index contributed by atoms with van der Waals surface area (Å²) in [5.41, 5.74) is 2.42. The van der Waals surface area contributed by atoms with Gasteiger partial charge in [0.15, 0.2) is 0 Å². The molecular weight excluding hydrogens is 252 g/mol. The van der Waals surface area contributed by atoms with Gasteiger partial charge in [0.25, 0.3) is 0 Å². The molecule has 1 aromatic rings. The number of anilines is 1. The Bertz CT molecular complexity index is 504. The second-order valence-corrected chi connectivity index (χ2v) is 5.58. The molecule has 0 aromatic heterocycles. The summed E-state index contributed by atoms with van der Waals surface area (Å²) in [5, 5.41) is 21.3. The SMILES string of the molecule is Cc1cccc(C#N)c1NCC(CC(=O)O)CC(C)C. The van der Waals surface area contributed by atoms with Crippen LogP contribution in [0.1, 0.15) is 37.8 Å². The van der Waals surface area contributed by atoms with Crippen molar-refractivity contribution in [1.82, 2.24) is 0 Å². The van der Waals surface area contributed by atoms with Crippen LogP contribution in [0.25, 0.3) is 0 Å². The van der Waals surface area contributed by atoms with Crippen molar-refractivity contribution in [1.29, 1.82) is 5.26 Å². The van der Waals surface area contributed by atoms with Crippen LogP contribution in [-0.2, 0) is 4.79 Å². The zero-order valence-electron chi connectivity index (χ0n) is 12.3. The Kier molecular flexibility index (Phi) is 6.05. The van der Waals surface area contributed by atoms with Crippen molar-refractivity contribution in [2.24, 2.45) is 11.8 Å². The summed E-state index contributed by atoms with van der Waals surface area (Å²) in [6.07, 6.45) is 1.01. The number of aryl methyl sites for hydroxylation is 1. The average Bonchev–Trinajstić information content (AvgIpc) is 2.35. The molecule has 0 saturated heterocycles. The largest absolute Gasteiger partial charge is 0.481 e. The topological polar surface area (TPSA) is 73.1 Å². The van der Waals surface area contributed by atoms with Gasteiger partial charge in [-0.15, -0.1) is 0 Å². The molecule has 0 radical (unpaired) electrons. The number of rotatable bonds is 7. The highest BCUT2D eigenvalue weighted by molar-refractivity contribution is 5.67. The fraction of sp³-hybridized carbons (Fsp3) is 0.500. The molecular formula is C16H22N2O2. The summed E-state index contributed by atoms with van der Waals surface area (Å²) in [4.78, 5) is 10.9.